The fraction of sp³-hybridized carbons (Fsp3) is 0.125. The number of nitriles is 1. The van der Waals surface area contributed by atoms with Gasteiger partial charge in [-0.1, -0.05) is 11.6 Å². The largest absolute Gasteiger partial charge is 0.416 e. The Morgan fingerprint density at radius 3 is 2.35 bits per heavy atom. The first-order chi connectivity index (χ1) is 10.7. The molecule has 0 atom stereocenters. The number of benzene rings is 2. The lowest BCUT2D eigenvalue weighted by atomic mass is 9.95. The van der Waals surface area contributed by atoms with E-state index in [4.69, 9.17) is 22.6 Å². The molecule has 0 heterocycles. The summed E-state index contributed by atoms with van der Waals surface area (Å²) in [6.45, 7) is 0. The van der Waals surface area contributed by atoms with Crippen molar-refractivity contribution < 1.29 is 18.0 Å². The van der Waals surface area contributed by atoms with Gasteiger partial charge in [0.05, 0.1) is 18.1 Å². The van der Waals surface area contributed by atoms with Gasteiger partial charge in [0.1, 0.15) is 0 Å². The van der Waals surface area contributed by atoms with Crippen LogP contribution in [0.1, 0.15) is 27.0 Å². The van der Waals surface area contributed by atoms with Crippen LogP contribution in [0.25, 0.3) is 0 Å². The van der Waals surface area contributed by atoms with E-state index < -0.39 is 17.5 Å². The van der Waals surface area contributed by atoms with Crippen molar-refractivity contribution in [2.75, 3.05) is 5.73 Å². The van der Waals surface area contributed by atoms with Gasteiger partial charge >= 0.3 is 6.18 Å². The predicted molar refractivity (Wildman–Crippen MR) is 80.1 cm³/mol. The highest BCUT2D eigenvalue weighted by Crippen LogP contribution is 2.34. The Kier molecular flexibility index (Phi) is 4.62. The van der Waals surface area contributed by atoms with Crippen LogP contribution in [0.15, 0.2) is 36.4 Å². The van der Waals surface area contributed by atoms with E-state index in [1.165, 1.54) is 24.3 Å². The number of carbonyl (C=O) groups is 1. The van der Waals surface area contributed by atoms with Crippen LogP contribution in [0, 0.1) is 11.3 Å². The first kappa shape index (κ1) is 16.8. The fourth-order valence-corrected chi connectivity index (χ4v) is 2.18. The zero-order valence-corrected chi connectivity index (χ0v) is 12.4. The molecular weight excluding hydrogens is 329 g/mol. The molecule has 2 N–H and O–H groups in total. The van der Waals surface area contributed by atoms with Gasteiger partial charge in [0, 0.05) is 21.8 Å². The second kappa shape index (κ2) is 6.31. The number of nitrogen functional groups attached to an aromatic ring is 1. The molecule has 0 saturated carbocycles. The number of anilines is 1. The maximum absolute atomic E-state index is 13.0. The average molecular weight is 339 g/mol. The van der Waals surface area contributed by atoms with Crippen LogP contribution in [0.5, 0.6) is 0 Å². The molecule has 0 spiro atoms. The van der Waals surface area contributed by atoms with Gasteiger partial charge in [-0.3, -0.25) is 4.79 Å². The van der Waals surface area contributed by atoms with Crippen molar-refractivity contribution in [3.63, 3.8) is 0 Å². The Labute approximate surface area is 135 Å². The zero-order chi connectivity index (χ0) is 17.2. The van der Waals surface area contributed by atoms with Crippen molar-refractivity contribution in [1.82, 2.24) is 0 Å². The maximum atomic E-state index is 13.0. The lowest BCUT2D eigenvalue weighted by molar-refractivity contribution is -0.137. The quantitative estimate of drug-likeness (QED) is 0.672. The van der Waals surface area contributed by atoms with Gasteiger partial charge in [-0.15, -0.1) is 0 Å². The topological polar surface area (TPSA) is 66.9 Å². The van der Waals surface area contributed by atoms with Crippen molar-refractivity contribution in [3.05, 3.63) is 63.7 Å². The molecule has 0 aliphatic carbocycles. The number of hydrogen-bond acceptors (Lipinski definition) is 3. The van der Waals surface area contributed by atoms with Gasteiger partial charge in [-0.25, -0.2) is 0 Å². The minimum atomic E-state index is -4.65. The molecule has 0 aliphatic rings. The van der Waals surface area contributed by atoms with E-state index in [9.17, 15) is 18.0 Å². The minimum absolute atomic E-state index is 0.0281. The number of ketones is 1. The van der Waals surface area contributed by atoms with Gasteiger partial charge in [0.2, 0.25) is 0 Å². The van der Waals surface area contributed by atoms with Crippen LogP contribution >= 0.6 is 11.6 Å². The SMILES string of the molecule is N#CCc1cc(C(F)(F)F)cc(C(=O)c2ccc(Cl)cc2)c1N. The Morgan fingerprint density at radius 1 is 1.22 bits per heavy atom. The van der Waals surface area contributed by atoms with E-state index in [-0.39, 0.29) is 28.8 Å². The molecule has 118 valence electrons. The first-order valence-corrected chi connectivity index (χ1v) is 6.78. The second-order valence-electron chi connectivity index (χ2n) is 4.77. The lowest BCUT2D eigenvalue weighted by Crippen LogP contribution is -2.13. The summed E-state index contributed by atoms with van der Waals surface area (Å²) in [5.41, 5.74) is 4.48. The molecule has 3 nitrogen and oxygen atoms in total. The molecule has 0 bridgehead atoms. The normalized spacial score (nSPS) is 11.1. The van der Waals surface area contributed by atoms with Crippen LogP contribution in [0.2, 0.25) is 5.02 Å². The molecular formula is C16H10ClF3N2O. The molecule has 7 heteroatoms. The number of carbonyl (C=O) groups excluding carboxylic acids is 1. The summed E-state index contributed by atoms with van der Waals surface area (Å²) >= 11 is 5.72. The van der Waals surface area contributed by atoms with E-state index in [0.29, 0.717) is 11.1 Å². The third-order valence-electron chi connectivity index (χ3n) is 3.21. The molecule has 0 aliphatic heterocycles. The molecule has 0 radical (unpaired) electrons. The van der Waals surface area contributed by atoms with Crippen LogP contribution in [0.3, 0.4) is 0 Å². The number of nitrogens with zero attached hydrogens (tertiary/aromatic N) is 1. The van der Waals surface area contributed by atoms with Crippen molar-refractivity contribution in [1.29, 1.82) is 5.26 Å². The van der Waals surface area contributed by atoms with Crippen LogP contribution < -0.4 is 5.73 Å². The van der Waals surface area contributed by atoms with Crippen molar-refractivity contribution >= 4 is 23.1 Å². The first-order valence-electron chi connectivity index (χ1n) is 6.41. The third kappa shape index (κ3) is 3.63. The smallest absolute Gasteiger partial charge is 0.398 e. The number of alkyl halides is 3. The van der Waals surface area contributed by atoms with Gasteiger partial charge in [-0.05, 0) is 42.0 Å². The van der Waals surface area contributed by atoms with Gasteiger partial charge in [0.25, 0.3) is 0 Å². The summed E-state index contributed by atoms with van der Waals surface area (Å²) in [7, 11) is 0. The maximum Gasteiger partial charge on any atom is 0.416 e. The molecule has 0 fully saturated rings. The predicted octanol–water partition coefficient (Wildman–Crippen LogP) is 4.24. The second-order valence-corrected chi connectivity index (χ2v) is 5.20. The van der Waals surface area contributed by atoms with Crippen LogP contribution in [0.4, 0.5) is 18.9 Å². The summed E-state index contributed by atoms with van der Waals surface area (Å²) in [5.74, 6) is -0.663. The molecule has 0 amide bonds. The Bertz CT molecular complexity index is 793. The monoisotopic (exact) mass is 338 g/mol. The molecule has 2 aromatic carbocycles. The number of rotatable bonds is 3. The van der Waals surface area contributed by atoms with Gasteiger partial charge < -0.3 is 5.73 Å². The highest BCUT2D eigenvalue weighted by molar-refractivity contribution is 6.30. The number of hydrogen-bond donors (Lipinski definition) is 1. The van der Waals surface area contributed by atoms with Crippen LogP contribution in [-0.2, 0) is 12.6 Å². The van der Waals surface area contributed by atoms with Crippen molar-refractivity contribution in [2.45, 2.75) is 12.6 Å². The molecule has 2 rings (SSSR count). The van der Waals surface area contributed by atoms with E-state index in [2.05, 4.69) is 0 Å². The molecule has 0 aromatic heterocycles. The minimum Gasteiger partial charge on any atom is -0.398 e. The van der Waals surface area contributed by atoms with Crippen LogP contribution in [-0.4, -0.2) is 5.78 Å². The van der Waals surface area contributed by atoms with E-state index in [1.807, 2.05) is 0 Å². The molecule has 0 unspecified atom stereocenters. The summed E-state index contributed by atoms with van der Waals surface area (Å²) in [5, 5.41) is 9.12. The molecule has 0 saturated heterocycles. The fourth-order valence-electron chi connectivity index (χ4n) is 2.05. The van der Waals surface area contributed by atoms with Crippen molar-refractivity contribution in [3.8, 4) is 6.07 Å². The summed E-state index contributed by atoms with van der Waals surface area (Å²) < 4.78 is 39.0. The van der Waals surface area contributed by atoms with Gasteiger partial charge in [0.15, 0.2) is 5.78 Å². The van der Waals surface area contributed by atoms with E-state index in [1.54, 1.807) is 6.07 Å². The van der Waals surface area contributed by atoms with Crippen molar-refractivity contribution in [2.24, 2.45) is 0 Å². The molecule has 23 heavy (non-hydrogen) atoms. The average Bonchev–Trinajstić information content (AvgIpc) is 2.48. The molecule has 2 aromatic rings. The zero-order valence-electron chi connectivity index (χ0n) is 11.6. The summed E-state index contributed by atoms with van der Waals surface area (Å²) in [6.07, 6.45) is -4.97. The Morgan fingerprint density at radius 2 is 1.83 bits per heavy atom. The van der Waals surface area contributed by atoms with E-state index in [0.717, 1.165) is 6.07 Å². The third-order valence-corrected chi connectivity index (χ3v) is 3.47. The Balaban J connectivity index is 2.60. The highest BCUT2D eigenvalue weighted by Gasteiger charge is 2.33. The highest BCUT2D eigenvalue weighted by atomic mass is 35.5. The van der Waals surface area contributed by atoms with Gasteiger partial charge in [-0.2, -0.15) is 18.4 Å². The lowest BCUT2D eigenvalue weighted by Gasteiger charge is -2.14. The number of nitrogens with two attached hydrogens (primary N) is 1. The number of halogens is 4. The summed E-state index contributed by atoms with van der Waals surface area (Å²) in [6, 6.07) is 8.93. The standard InChI is InChI=1S/C16H10ClF3N2O/c17-12-3-1-9(2-4-12)15(23)13-8-11(16(18,19)20)7-10(5-6-21)14(13)22/h1-4,7-8H,5,22H2. The Hall–Kier alpha value is -2.52. The van der Waals surface area contributed by atoms with E-state index >= 15 is 0 Å². The summed E-state index contributed by atoms with van der Waals surface area (Å²) in [4.78, 5) is 12.4.